The molecule has 1 aliphatic rings. The van der Waals surface area contributed by atoms with Crippen LogP contribution in [0.5, 0.6) is 0 Å². The Labute approximate surface area is 72.7 Å². The van der Waals surface area contributed by atoms with Crippen LogP contribution in [-0.2, 0) is 9.53 Å². The molecular weight excluding hydrogens is 156 g/mol. The van der Waals surface area contributed by atoms with Crippen molar-refractivity contribution >= 4 is 5.91 Å². The van der Waals surface area contributed by atoms with Crippen LogP contribution in [0.2, 0.25) is 0 Å². The summed E-state index contributed by atoms with van der Waals surface area (Å²) >= 11 is 0. The highest BCUT2D eigenvalue weighted by Gasteiger charge is 2.24. The Hall–Kier alpha value is -0.610. The van der Waals surface area contributed by atoms with Crippen molar-refractivity contribution in [3.05, 3.63) is 0 Å². The van der Waals surface area contributed by atoms with Crippen molar-refractivity contribution < 1.29 is 9.53 Å². The second-order valence-corrected chi connectivity index (χ2v) is 3.09. The molecule has 1 amide bonds. The number of nitrogens with zero attached hydrogens (tertiary/aromatic N) is 1. The van der Waals surface area contributed by atoms with E-state index in [0.29, 0.717) is 13.2 Å². The third kappa shape index (κ3) is 2.19. The van der Waals surface area contributed by atoms with Gasteiger partial charge in [-0.05, 0) is 19.9 Å². The summed E-state index contributed by atoms with van der Waals surface area (Å²) in [5, 5.41) is 0. The summed E-state index contributed by atoms with van der Waals surface area (Å²) in [7, 11) is 0. The molecule has 4 heteroatoms. The van der Waals surface area contributed by atoms with Gasteiger partial charge < -0.3 is 15.4 Å². The van der Waals surface area contributed by atoms with E-state index in [0.717, 1.165) is 13.0 Å². The van der Waals surface area contributed by atoms with E-state index in [9.17, 15) is 4.79 Å². The number of rotatable bonds is 3. The van der Waals surface area contributed by atoms with Crippen LogP contribution in [0.3, 0.4) is 0 Å². The number of hydrogen-bond donors (Lipinski definition) is 1. The Morgan fingerprint density at radius 2 is 2.50 bits per heavy atom. The highest BCUT2D eigenvalue weighted by atomic mass is 16.5. The Morgan fingerprint density at radius 1 is 1.75 bits per heavy atom. The quantitative estimate of drug-likeness (QED) is 0.629. The summed E-state index contributed by atoms with van der Waals surface area (Å²) in [5.74, 6) is 0.0854. The second-order valence-electron chi connectivity index (χ2n) is 3.09. The fraction of sp³-hybridized carbons (Fsp3) is 0.875. The number of hydrogen-bond acceptors (Lipinski definition) is 3. The number of carbonyl (C=O) groups is 1. The van der Waals surface area contributed by atoms with Crippen LogP contribution in [0, 0.1) is 0 Å². The van der Waals surface area contributed by atoms with Crippen molar-refractivity contribution in [3.8, 4) is 0 Å². The first kappa shape index (κ1) is 9.48. The third-order valence-electron chi connectivity index (χ3n) is 2.04. The average molecular weight is 172 g/mol. The van der Waals surface area contributed by atoms with E-state index < -0.39 is 0 Å². The second kappa shape index (κ2) is 4.42. The molecule has 1 atom stereocenters. The Balaban J connectivity index is 2.40. The third-order valence-corrected chi connectivity index (χ3v) is 2.04. The van der Waals surface area contributed by atoms with Crippen LogP contribution in [0.25, 0.3) is 0 Å². The normalized spacial score (nSPS) is 24.7. The predicted octanol–water partition coefficient (Wildman–Crippen LogP) is -0.417. The van der Waals surface area contributed by atoms with Crippen LogP contribution in [0.15, 0.2) is 0 Å². The topological polar surface area (TPSA) is 55.6 Å². The van der Waals surface area contributed by atoms with Gasteiger partial charge in [0.1, 0.15) is 6.61 Å². The number of ether oxygens (including phenoxy) is 1. The minimum Gasteiger partial charge on any atom is -0.370 e. The molecule has 0 aromatic heterocycles. The molecule has 1 fully saturated rings. The summed E-state index contributed by atoms with van der Waals surface area (Å²) in [6, 6.07) is 0.206. The van der Waals surface area contributed by atoms with Gasteiger partial charge in [-0.2, -0.15) is 0 Å². The van der Waals surface area contributed by atoms with Crippen LogP contribution in [-0.4, -0.2) is 43.2 Å². The minimum absolute atomic E-state index is 0.0854. The zero-order valence-electron chi connectivity index (χ0n) is 7.45. The molecule has 1 saturated heterocycles. The summed E-state index contributed by atoms with van der Waals surface area (Å²) in [6.45, 7) is 4.27. The molecule has 0 radical (unpaired) electrons. The maximum Gasteiger partial charge on any atom is 0.248 e. The van der Waals surface area contributed by atoms with Crippen molar-refractivity contribution in [2.75, 3.05) is 26.3 Å². The molecule has 70 valence electrons. The van der Waals surface area contributed by atoms with Gasteiger partial charge in [0.05, 0.1) is 12.6 Å². The highest BCUT2D eigenvalue weighted by molar-refractivity contribution is 5.78. The fourth-order valence-electron chi connectivity index (χ4n) is 1.34. The van der Waals surface area contributed by atoms with Gasteiger partial charge in [-0.15, -0.1) is 0 Å². The lowest BCUT2D eigenvalue weighted by atomic mass is 10.2. The molecule has 2 N–H and O–H groups in total. The first-order valence-electron chi connectivity index (χ1n) is 4.33. The molecular formula is C8H16N2O2. The fourth-order valence-corrected chi connectivity index (χ4v) is 1.34. The molecule has 1 heterocycles. The first-order valence-corrected chi connectivity index (χ1v) is 4.33. The maximum absolute atomic E-state index is 11.3. The average Bonchev–Trinajstić information content (AvgIpc) is 2.04. The van der Waals surface area contributed by atoms with Gasteiger partial charge in [0.2, 0.25) is 5.91 Å². The van der Waals surface area contributed by atoms with Crippen LogP contribution in [0.4, 0.5) is 0 Å². The first-order chi connectivity index (χ1) is 5.75. The van der Waals surface area contributed by atoms with E-state index in [-0.39, 0.29) is 18.6 Å². The largest absolute Gasteiger partial charge is 0.370 e. The highest BCUT2D eigenvalue weighted by Crippen LogP contribution is 2.07. The van der Waals surface area contributed by atoms with Gasteiger partial charge in [0.25, 0.3) is 0 Å². The van der Waals surface area contributed by atoms with Crippen molar-refractivity contribution in [3.63, 3.8) is 0 Å². The van der Waals surface area contributed by atoms with Gasteiger partial charge in [-0.1, -0.05) is 0 Å². The monoisotopic (exact) mass is 172 g/mol. The van der Waals surface area contributed by atoms with E-state index in [4.69, 9.17) is 10.5 Å². The zero-order valence-corrected chi connectivity index (χ0v) is 7.45. The molecule has 12 heavy (non-hydrogen) atoms. The van der Waals surface area contributed by atoms with Crippen molar-refractivity contribution in [1.82, 2.24) is 4.90 Å². The van der Waals surface area contributed by atoms with Gasteiger partial charge in [-0.3, -0.25) is 4.79 Å². The minimum atomic E-state index is 0.0854. The molecule has 1 rings (SSSR count). The van der Waals surface area contributed by atoms with E-state index in [2.05, 4.69) is 0 Å². The van der Waals surface area contributed by atoms with E-state index in [1.54, 1.807) is 0 Å². The predicted molar refractivity (Wildman–Crippen MR) is 45.7 cm³/mol. The van der Waals surface area contributed by atoms with Crippen molar-refractivity contribution in [2.45, 2.75) is 19.4 Å². The molecule has 0 spiro atoms. The Morgan fingerprint density at radius 3 is 3.08 bits per heavy atom. The molecule has 0 aromatic rings. The molecule has 1 aliphatic heterocycles. The lowest BCUT2D eigenvalue weighted by Crippen LogP contribution is -2.48. The van der Waals surface area contributed by atoms with E-state index in [1.807, 2.05) is 11.8 Å². The Bertz CT molecular complexity index is 161. The Kier molecular flexibility index (Phi) is 3.49. The molecule has 1 unspecified atom stereocenters. The summed E-state index contributed by atoms with van der Waals surface area (Å²) in [5.41, 5.74) is 5.37. The molecule has 4 nitrogen and oxygen atoms in total. The maximum atomic E-state index is 11.3. The number of carbonyl (C=O) groups excluding carboxylic acids is 1. The van der Waals surface area contributed by atoms with E-state index >= 15 is 0 Å². The lowest BCUT2D eigenvalue weighted by molar-refractivity contribution is -0.147. The smallest absolute Gasteiger partial charge is 0.248 e. The van der Waals surface area contributed by atoms with E-state index in [1.165, 1.54) is 0 Å². The van der Waals surface area contributed by atoms with Crippen LogP contribution in [0.1, 0.15) is 13.3 Å². The lowest BCUT2D eigenvalue weighted by Gasteiger charge is -2.33. The van der Waals surface area contributed by atoms with Gasteiger partial charge in [-0.25, -0.2) is 0 Å². The summed E-state index contributed by atoms with van der Waals surface area (Å²) < 4.78 is 5.08. The number of morpholine rings is 1. The molecule has 0 aliphatic carbocycles. The molecule has 0 bridgehead atoms. The van der Waals surface area contributed by atoms with Crippen molar-refractivity contribution in [2.24, 2.45) is 5.73 Å². The van der Waals surface area contributed by atoms with Crippen molar-refractivity contribution in [1.29, 1.82) is 0 Å². The number of nitrogens with two attached hydrogens (primary N) is 1. The summed E-state index contributed by atoms with van der Waals surface area (Å²) in [4.78, 5) is 13.1. The SMILES string of the molecule is CC1COCC(=O)N1CCCN. The van der Waals surface area contributed by atoms with Gasteiger partial charge in [0, 0.05) is 6.54 Å². The zero-order chi connectivity index (χ0) is 8.97. The number of amides is 1. The molecule has 0 aromatic carbocycles. The molecule has 0 saturated carbocycles. The van der Waals surface area contributed by atoms with Gasteiger partial charge in [0.15, 0.2) is 0 Å². The van der Waals surface area contributed by atoms with Crippen LogP contribution >= 0.6 is 0 Å². The summed E-state index contributed by atoms with van der Waals surface area (Å²) in [6.07, 6.45) is 0.871. The van der Waals surface area contributed by atoms with Crippen LogP contribution < -0.4 is 5.73 Å². The standard InChI is InChI=1S/C8H16N2O2/c1-7-5-12-6-8(11)10(7)4-2-3-9/h7H,2-6,9H2,1H3. The van der Waals surface area contributed by atoms with Gasteiger partial charge >= 0.3 is 0 Å².